The Hall–Kier alpha value is -1.86. The van der Waals surface area contributed by atoms with Gasteiger partial charge < -0.3 is 9.47 Å². The Balaban J connectivity index is 2.11. The maximum absolute atomic E-state index is 5.69. The standard InChI is InChI=1S/C15H16BrClN4O2/c1-3-6-23-15-11(16)7-10(8-12(15)22-2)9-18-20-14-5-4-13(17)19-21-14/h4-5,7-9H,3,6H2,1-2H3,(H,20,21)/b18-9+. The number of halogens is 2. The van der Waals surface area contributed by atoms with Crippen LogP contribution in [0.1, 0.15) is 18.9 Å². The van der Waals surface area contributed by atoms with Gasteiger partial charge in [0.15, 0.2) is 22.5 Å². The van der Waals surface area contributed by atoms with Crippen molar-refractivity contribution in [1.29, 1.82) is 0 Å². The molecule has 6 nitrogen and oxygen atoms in total. The molecule has 2 aromatic rings. The molecule has 1 aromatic carbocycles. The first-order valence-corrected chi connectivity index (χ1v) is 8.09. The third-order valence-electron chi connectivity index (χ3n) is 2.73. The summed E-state index contributed by atoms with van der Waals surface area (Å²) in [5, 5.41) is 12.0. The molecule has 2 rings (SSSR count). The van der Waals surface area contributed by atoms with Gasteiger partial charge in [0.1, 0.15) is 0 Å². The molecule has 1 aromatic heterocycles. The normalized spacial score (nSPS) is 10.8. The molecule has 0 saturated carbocycles. The van der Waals surface area contributed by atoms with Gasteiger partial charge >= 0.3 is 0 Å². The van der Waals surface area contributed by atoms with Crippen molar-refractivity contribution in [3.05, 3.63) is 39.5 Å². The fourth-order valence-electron chi connectivity index (χ4n) is 1.71. The lowest BCUT2D eigenvalue weighted by atomic mass is 10.2. The average molecular weight is 400 g/mol. The summed E-state index contributed by atoms with van der Waals surface area (Å²) in [7, 11) is 1.60. The lowest BCUT2D eigenvalue weighted by molar-refractivity contribution is 0.292. The van der Waals surface area contributed by atoms with E-state index in [4.69, 9.17) is 21.1 Å². The number of hydrogen-bond donors (Lipinski definition) is 1. The van der Waals surface area contributed by atoms with Crippen LogP contribution in [0.15, 0.2) is 33.8 Å². The number of benzene rings is 1. The summed E-state index contributed by atoms with van der Waals surface area (Å²) in [6, 6.07) is 7.05. The maximum atomic E-state index is 5.69. The fraction of sp³-hybridized carbons (Fsp3) is 0.267. The van der Waals surface area contributed by atoms with Crippen molar-refractivity contribution >= 4 is 39.6 Å². The Morgan fingerprint density at radius 2 is 2.17 bits per heavy atom. The first-order chi connectivity index (χ1) is 11.1. The number of rotatable bonds is 7. The summed E-state index contributed by atoms with van der Waals surface area (Å²) in [6.45, 7) is 2.67. The molecule has 23 heavy (non-hydrogen) atoms. The quantitative estimate of drug-likeness (QED) is 0.560. The van der Waals surface area contributed by atoms with Gasteiger partial charge in [-0.1, -0.05) is 18.5 Å². The molecule has 122 valence electrons. The van der Waals surface area contributed by atoms with Crippen LogP contribution in [0.2, 0.25) is 5.15 Å². The summed E-state index contributed by atoms with van der Waals surface area (Å²) < 4.78 is 11.9. The third kappa shape index (κ3) is 5.07. The van der Waals surface area contributed by atoms with Crippen LogP contribution < -0.4 is 14.9 Å². The van der Waals surface area contributed by atoms with Crippen LogP contribution in [0, 0.1) is 0 Å². The highest BCUT2D eigenvalue weighted by atomic mass is 79.9. The van der Waals surface area contributed by atoms with Crippen molar-refractivity contribution < 1.29 is 9.47 Å². The third-order valence-corrected chi connectivity index (χ3v) is 3.52. The Morgan fingerprint density at radius 1 is 1.35 bits per heavy atom. The average Bonchev–Trinajstić information content (AvgIpc) is 2.55. The zero-order valence-electron chi connectivity index (χ0n) is 12.7. The second kappa shape index (κ2) is 8.69. The van der Waals surface area contributed by atoms with E-state index in [0.717, 1.165) is 16.5 Å². The molecule has 0 aliphatic carbocycles. The van der Waals surface area contributed by atoms with E-state index >= 15 is 0 Å². The minimum absolute atomic E-state index is 0.330. The van der Waals surface area contributed by atoms with E-state index < -0.39 is 0 Å². The first-order valence-electron chi connectivity index (χ1n) is 6.92. The topological polar surface area (TPSA) is 68.6 Å². The summed E-state index contributed by atoms with van der Waals surface area (Å²) in [4.78, 5) is 0. The number of anilines is 1. The van der Waals surface area contributed by atoms with Gasteiger partial charge in [0.25, 0.3) is 0 Å². The highest BCUT2D eigenvalue weighted by Gasteiger charge is 2.10. The van der Waals surface area contributed by atoms with Crippen LogP contribution in [0.3, 0.4) is 0 Å². The number of nitrogens with one attached hydrogen (secondary N) is 1. The van der Waals surface area contributed by atoms with E-state index in [1.165, 1.54) is 0 Å². The van der Waals surface area contributed by atoms with Crippen molar-refractivity contribution in [1.82, 2.24) is 10.2 Å². The number of hydrogen-bond acceptors (Lipinski definition) is 6. The van der Waals surface area contributed by atoms with Gasteiger partial charge in [-0.2, -0.15) is 5.10 Å². The molecular weight excluding hydrogens is 384 g/mol. The number of ether oxygens (including phenoxy) is 2. The second-order valence-corrected chi connectivity index (χ2v) is 5.74. The van der Waals surface area contributed by atoms with E-state index in [9.17, 15) is 0 Å². The van der Waals surface area contributed by atoms with Gasteiger partial charge in [0.05, 0.1) is 24.4 Å². The zero-order chi connectivity index (χ0) is 16.7. The Labute approximate surface area is 148 Å². The molecule has 0 unspecified atom stereocenters. The fourth-order valence-corrected chi connectivity index (χ4v) is 2.38. The molecule has 1 N–H and O–H groups in total. The van der Waals surface area contributed by atoms with E-state index in [-0.39, 0.29) is 0 Å². The number of nitrogens with zero attached hydrogens (tertiary/aromatic N) is 3. The number of aromatic nitrogens is 2. The lowest BCUT2D eigenvalue weighted by Gasteiger charge is -2.12. The van der Waals surface area contributed by atoms with Crippen LogP contribution in [0.5, 0.6) is 11.5 Å². The zero-order valence-corrected chi connectivity index (χ0v) is 15.1. The number of hydrazone groups is 1. The molecule has 0 saturated heterocycles. The summed E-state index contributed by atoms with van der Waals surface area (Å²) in [6.07, 6.45) is 2.57. The Bertz CT molecular complexity index is 680. The van der Waals surface area contributed by atoms with E-state index in [1.807, 2.05) is 19.1 Å². The van der Waals surface area contributed by atoms with E-state index in [1.54, 1.807) is 25.5 Å². The minimum Gasteiger partial charge on any atom is -0.493 e. The van der Waals surface area contributed by atoms with Gasteiger partial charge in [-0.3, -0.25) is 5.43 Å². The van der Waals surface area contributed by atoms with Crippen molar-refractivity contribution in [2.75, 3.05) is 19.1 Å². The smallest absolute Gasteiger partial charge is 0.175 e. The van der Waals surface area contributed by atoms with Crippen LogP contribution in [0.25, 0.3) is 0 Å². The van der Waals surface area contributed by atoms with Gasteiger partial charge in [0.2, 0.25) is 0 Å². The molecule has 0 fully saturated rings. The van der Waals surface area contributed by atoms with Crippen molar-refractivity contribution in [2.45, 2.75) is 13.3 Å². The highest BCUT2D eigenvalue weighted by Crippen LogP contribution is 2.36. The molecule has 8 heteroatoms. The number of methoxy groups -OCH3 is 1. The van der Waals surface area contributed by atoms with Crippen molar-refractivity contribution in [2.24, 2.45) is 5.10 Å². The Morgan fingerprint density at radius 3 is 2.83 bits per heavy atom. The predicted octanol–water partition coefficient (Wildman–Crippen LogP) is 4.14. The van der Waals surface area contributed by atoms with Crippen LogP contribution in [0.4, 0.5) is 5.82 Å². The SMILES string of the molecule is CCCOc1c(Br)cc(/C=N/Nc2ccc(Cl)nn2)cc1OC. The molecule has 0 bridgehead atoms. The second-order valence-electron chi connectivity index (χ2n) is 4.49. The van der Waals surface area contributed by atoms with Crippen LogP contribution in [-0.4, -0.2) is 30.1 Å². The van der Waals surface area contributed by atoms with Crippen molar-refractivity contribution in [3.8, 4) is 11.5 Å². The molecule has 0 aliphatic heterocycles. The van der Waals surface area contributed by atoms with Gasteiger partial charge in [-0.15, -0.1) is 10.2 Å². The molecule has 1 heterocycles. The van der Waals surface area contributed by atoms with Gasteiger partial charge in [-0.05, 0) is 52.2 Å². The predicted molar refractivity (Wildman–Crippen MR) is 94.7 cm³/mol. The minimum atomic E-state index is 0.330. The molecule has 0 amide bonds. The molecule has 0 spiro atoms. The summed E-state index contributed by atoms with van der Waals surface area (Å²) in [5.74, 6) is 1.82. The van der Waals surface area contributed by atoms with Crippen LogP contribution >= 0.6 is 27.5 Å². The van der Waals surface area contributed by atoms with E-state index in [2.05, 4.69) is 36.7 Å². The van der Waals surface area contributed by atoms with Gasteiger partial charge in [-0.25, -0.2) is 0 Å². The van der Waals surface area contributed by atoms with Gasteiger partial charge in [0, 0.05) is 0 Å². The highest BCUT2D eigenvalue weighted by molar-refractivity contribution is 9.10. The molecular formula is C15H16BrClN4O2. The summed E-state index contributed by atoms with van der Waals surface area (Å²) in [5.41, 5.74) is 3.62. The lowest BCUT2D eigenvalue weighted by Crippen LogP contribution is -2.00. The van der Waals surface area contributed by atoms with Crippen LogP contribution in [-0.2, 0) is 0 Å². The summed E-state index contributed by atoms with van der Waals surface area (Å²) >= 11 is 9.16. The monoisotopic (exact) mass is 398 g/mol. The first kappa shape index (κ1) is 17.5. The molecule has 0 atom stereocenters. The Kier molecular flexibility index (Phi) is 6.61. The van der Waals surface area contributed by atoms with Crippen molar-refractivity contribution in [3.63, 3.8) is 0 Å². The molecule has 0 aliphatic rings. The maximum Gasteiger partial charge on any atom is 0.175 e. The largest absolute Gasteiger partial charge is 0.493 e. The van der Waals surface area contributed by atoms with E-state index in [0.29, 0.717) is 29.1 Å². The molecule has 0 radical (unpaired) electrons.